The molecule has 0 atom stereocenters. The number of sulfonamides is 1. The molecule has 110 valence electrons. The van der Waals surface area contributed by atoms with E-state index in [4.69, 9.17) is 5.73 Å². The van der Waals surface area contributed by atoms with Gasteiger partial charge in [0.15, 0.2) is 0 Å². The molecule has 1 heterocycles. The number of nitrogens with two attached hydrogens (primary N) is 1. The van der Waals surface area contributed by atoms with Crippen molar-refractivity contribution in [3.8, 4) is 0 Å². The first-order valence-corrected chi connectivity index (χ1v) is 7.48. The quantitative estimate of drug-likeness (QED) is 0.769. The molecule has 0 spiro atoms. The van der Waals surface area contributed by atoms with Crippen molar-refractivity contribution in [1.29, 1.82) is 0 Å². The van der Waals surface area contributed by atoms with E-state index in [2.05, 4.69) is 5.32 Å². The lowest BCUT2D eigenvalue weighted by Gasteiger charge is -2.40. The van der Waals surface area contributed by atoms with Gasteiger partial charge in [-0.1, -0.05) is 6.07 Å². The molecule has 2 rings (SSSR count). The number of halogens is 1. The van der Waals surface area contributed by atoms with Crippen LogP contribution in [0.25, 0.3) is 0 Å². The zero-order chi connectivity index (χ0) is 15.1. The second kappa shape index (κ2) is 4.71. The molecule has 1 aromatic rings. The van der Waals surface area contributed by atoms with Gasteiger partial charge in [0.1, 0.15) is 16.3 Å². The Balaban J connectivity index is 2.58. The van der Waals surface area contributed by atoms with E-state index in [-0.39, 0.29) is 18.8 Å². The van der Waals surface area contributed by atoms with Crippen molar-refractivity contribution < 1.29 is 17.6 Å². The molecule has 0 bridgehead atoms. The minimum absolute atomic E-state index is 0.0643. The highest BCUT2D eigenvalue weighted by atomic mass is 32.2. The minimum Gasteiger partial charge on any atom is -0.398 e. The molecule has 0 aromatic heterocycles. The molecule has 1 aliphatic rings. The maximum atomic E-state index is 13.9. The predicted octanol–water partition coefficient (Wildman–Crippen LogP) is 0.307. The van der Waals surface area contributed by atoms with Crippen LogP contribution in [0, 0.1) is 5.82 Å². The fraction of sp³-hybridized carbons (Fsp3) is 0.417. The second-order valence-electron chi connectivity index (χ2n) is 5.05. The molecule has 0 radical (unpaired) electrons. The molecule has 0 aliphatic carbocycles. The van der Waals surface area contributed by atoms with E-state index in [0.717, 1.165) is 10.4 Å². The van der Waals surface area contributed by atoms with Gasteiger partial charge in [-0.25, -0.2) is 12.8 Å². The van der Waals surface area contributed by atoms with Crippen molar-refractivity contribution in [1.82, 2.24) is 9.62 Å². The van der Waals surface area contributed by atoms with Crippen molar-refractivity contribution in [2.24, 2.45) is 0 Å². The van der Waals surface area contributed by atoms with Crippen LogP contribution >= 0.6 is 0 Å². The summed E-state index contributed by atoms with van der Waals surface area (Å²) in [6, 6.07) is 3.67. The van der Waals surface area contributed by atoms with Gasteiger partial charge in [-0.15, -0.1) is 0 Å². The molecule has 1 amide bonds. The van der Waals surface area contributed by atoms with Crippen LogP contribution < -0.4 is 11.1 Å². The molecule has 3 N–H and O–H groups in total. The summed E-state index contributed by atoms with van der Waals surface area (Å²) >= 11 is 0. The Morgan fingerprint density at radius 3 is 2.65 bits per heavy atom. The number of hydrogen-bond donors (Lipinski definition) is 2. The van der Waals surface area contributed by atoms with Crippen molar-refractivity contribution in [3.63, 3.8) is 0 Å². The van der Waals surface area contributed by atoms with E-state index in [1.807, 2.05) is 0 Å². The number of hydrogen-bond acceptors (Lipinski definition) is 4. The summed E-state index contributed by atoms with van der Waals surface area (Å²) in [4.78, 5) is 11.3. The molecule has 6 nitrogen and oxygen atoms in total. The van der Waals surface area contributed by atoms with E-state index < -0.39 is 32.2 Å². The Bertz CT molecular complexity index is 638. The van der Waals surface area contributed by atoms with E-state index in [9.17, 15) is 17.6 Å². The van der Waals surface area contributed by atoms with E-state index in [0.29, 0.717) is 0 Å². The standard InChI is InChI=1S/C12H16FN3O3S/c1-12(2)11(17)15-6-7-16(12)20(18,19)10-8(13)4-3-5-9(10)14/h3-5H,6-7,14H2,1-2H3,(H,15,17). The number of carbonyl (C=O) groups excluding carboxylic acids is 1. The number of amides is 1. The van der Waals surface area contributed by atoms with Crippen LogP contribution in [0.5, 0.6) is 0 Å². The maximum Gasteiger partial charge on any atom is 0.249 e. The average molecular weight is 301 g/mol. The monoisotopic (exact) mass is 301 g/mol. The molecule has 1 saturated heterocycles. The summed E-state index contributed by atoms with van der Waals surface area (Å²) < 4.78 is 40.1. The van der Waals surface area contributed by atoms with Crippen LogP contribution in [0.2, 0.25) is 0 Å². The number of rotatable bonds is 2. The number of nitrogen functional groups attached to an aromatic ring is 1. The van der Waals surface area contributed by atoms with Gasteiger partial charge in [0.25, 0.3) is 0 Å². The molecular weight excluding hydrogens is 285 g/mol. The van der Waals surface area contributed by atoms with Crippen LogP contribution in [0.4, 0.5) is 10.1 Å². The van der Waals surface area contributed by atoms with Crippen LogP contribution in [0.3, 0.4) is 0 Å². The summed E-state index contributed by atoms with van der Waals surface area (Å²) in [7, 11) is -4.19. The van der Waals surface area contributed by atoms with Crippen LogP contribution in [-0.4, -0.2) is 37.3 Å². The summed E-state index contributed by atoms with van der Waals surface area (Å²) in [5.74, 6) is -1.35. The van der Waals surface area contributed by atoms with Crippen LogP contribution in [-0.2, 0) is 14.8 Å². The molecule has 20 heavy (non-hydrogen) atoms. The van der Waals surface area contributed by atoms with Crippen molar-refractivity contribution in [2.75, 3.05) is 18.8 Å². The summed E-state index contributed by atoms with van der Waals surface area (Å²) in [5.41, 5.74) is 4.12. The zero-order valence-electron chi connectivity index (χ0n) is 11.2. The molecule has 0 saturated carbocycles. The first-order chi connectivity index (χ1) is 9.19. The third kappa shape index (κ3) is 2.14. The van der Waals surface area contributed by atoms with Crippen molar-refractivity contribution >= 4 is 21.6 Å². The molecule has 1 fully saturated rings. The highest BCUT2D eigenvalue weighted by Crippen LogP contribution is 2.31. The van der Waals surface area contributed by atoms with Crippen molar-refractivity contribution in [3.05, 3.63) is 24.0 Å². The third-order valence-electron chi connectivity index (χ3n) is 3.33. The lowest BCUT2D eigenvalue weighted by atomic mass is 10.0. The molecule has 1 aliphatic heterocycles. The van der Waals surface area contributed by atoms with E-state index in [1.54, 1.807) is 0 Å². The number of anilines is 1. The predicted molar refractivity (Wildman–Crippen MR) is 71.8 cm³/mol. The Morgan fingerprint density at radius 1 is 1.40 bits per heavy atom. The largest absolute Gasteiger partial charge is 0.398 e. The number of nitrogens with zero attached hydrogens (tertiary/aromatic N) is 1. The lowest BCUT2D eigenvalue weighted by Crippen LogP contribution is -2.63. The molecule has 1 aromatic carbocycles. The van der Waals surface area contributed by atoms with Crippen LogP contribution in [0.1, 0.15) is 13.8 Å². The van der Waals surface area contributed by atoms with Gasteiger partial charge in [-0.2, -0.15) is 4.31 Å². The Morgan fingerprint density at radius 2 is 2.05 bits per heavy atom. The Hall–Kier alpha value is -1.67. The van der Waals surface area contributed by atoms with Gasteiger partial charge in [0, 0.05) is 13.1 Å². The topological polar surface area (TPSA) is 92.5 Å². The highest BCUT2D eigenvalue weighted by Gasteiger charge is 2.46. The maximum absolute atomic E-state index is 13.9. The SMILES string of the molecule is CC1(C)C(=O)NCCN1S(=O)(=O)c1c(N)cccc1F. The van der Waals surface area contributed by atoms with Gasteiger partial charge in [0.2, 0.25) is 15.9 Å². The summed E-state index contributed by atoms with van der Waals surface area (Å²) in [6.07, 6.45) is 0. The normalized spacial score (nSPS) is 19.6. The molecular formula is C12H16FN3O3S. The number of carbonyl (C=O) groups is 1. The van der Waals surface area contributed by atoms with Gasteiger partial charge in [-0.05, 0) is 26.0 Å². The fourth-order valence-corrected chi connectivity index (χ4v) is 4.12. The number of nitrogens with one attached hydrogen (secondary N) is 1. The second-order valence-corrected chi connectivity index (χ2v) is 6.85. The number of benzene rings is 1. The summed E-state index contributed by atoms with van der Waals surface area (Å²) in [5, 5.41) is 2.59. The zero-order valence-corrected chi connectivity index (χ0v) is 12.0. The first kappa shape index (κ1) is 14.7. The van der Waals surface area contributed by atoms with E-state index >= 15 is 0 Å². The molecule has 0 unspecified atom stereocenters. The highest BCUT2D eigenvalue weighted by molar-refractivity contribution is 7.89. The minimum atomic E-state index is -4.19. The van der Waals surface area contributed by atoms with Gasteiger partial charge in [-0.3, -0.25) is 4.79 Å². The fourth-order valence-electron chi connectivity index (χ4n) is 2.21. The van der Waals surface area contributed by atoms with Crippen LogP contribution in [0.15, 0.2) is 23.1 Å². The molecule has 8 heteroatoms. The van der Waals surface area contributed by atoms with Crippen molar-refractivity contribution in [2.45, 2.75) is 24.3 Å². The Kier molecular flexibility index (Phi) is 3.47. The van der Waals surface area contributed by atoms with Gasteiger partial charge >= 0.3 is 0 Å². The number of piperazine rings is 1. The van der Waals surface area contributed by atoms with Gasteiger partial charge < -0.3 is 11.1 Å². The Labute approximate surface area is 116 Å². The van der Waals surface area contributed by atoms with Gasteiger partial charge in [0.05, 0.1) is 5.69 Å². The van der Waals surface area contributed by atoms with E-state index in [1.165, 1.54) is 26.0 Å². The average Bonchev–Trinajstić information content (AvgIpc) is 2.31. The lowest BCUT2D eigenvalue weighted by molar-refractivity contribution is -0.131. The smallest absolute Gasteiger partial charge is 0.249 e. The summed E-state index contributed by atoms with van der Waals surface area (Å²) in [6.45, 7) is 3.18. The third-order valence-corrected chi connectivity index (χ3v) is 5.49. The first-order valence-electron chi connectivity index (χ1n) is 6.04.